The van der Waals surface area contributed by atoms with Crippen molar-refractivity contribution in [1.29, 1.82) is 0 Å². The molecular formula is C11H17N3O3. The maximum Gasteiger partial charge on any atom is 0.273 e. The van der Waals surface area contributed by atoms with Crippen molar-refractivity contribution in [3.8, 4) is 0 Å². The van der Waals surface area contributed by atoms with Crippen molar-refractivity contribution in [1.82, 2.24) is 15.4 Å². The van der Waals surface area contributed by atoms with Crippen LogP contribution in [-0.2, 0) is 4.74 Å². The molecule has 1 amide bonds. The Morgan fingerprint density at radius 3 is 3.29 bits per heavy atom. The second-order valence-corrected chi connectivity index (χ2v) is 4.10. The van der Waals surface area contributed by atoms with Gasteiger partial charge in [0.05, 0.1) is 13.2 Å². The summed E-state index contributed by atoms with van der Waals surface area (Å²) in [5.41, 5.74) is 0.319. The summed E-state index contributed by atoms with van der Waals surface area (Å²) in [6.45, 7) is 6.00. The fourth-order valence-electron chi connectivity index (χ4n) is 1.83. The Hall–Kier alpha value is -1.40. The van der Waals surface area contributed by atoms with E-state index in [-0.39, 0.29) is 5.91 Å². The molecule has 0 spiro atoms. The average Bonchev–Trinajstić information content (AvgIpc) is 2.85. The molecule has 0 radical (unpaired) electrons. The van der Waals surface area contributed by atoms with Gasteiger partial charge in [0, 0.05) is 31.7 Å². The monoisotopic (exact) mass is 239 g/mol. The highest BCUT2D eigenvalue weighted by molar-refractivity contribution is 5.91. The van der Waals surface area contributed by atoms with Crippen molar-refractivity contribution in [2.45, 2.75) is 13.0 Å². The van der Waals surface area contributed by atoms with Crippen LogP contribution in [0.3, 0.4) is 0 Å². The smallest absolute Gasteiger partial charge is 0.273 e. The van der Waals surface area contributed by atoms with Crippen molar-refractivity contribution in [2.24, 2.45) is 0 Å². The molecule has 1 N–H and O–H groups in total. The van der Waals surface area contributed by atoms with Crippen LogP contribution < -0.4 is 5.32 Å². The number of carbonyl (C=O) groups is 1. The molecule has 1 saturated heterocycles. The number of aromatic nitrogens is 1. The normalized spacial score (nSPS) is 21.4. The van der Waals surface area contributed by atoms with Gasteiger partial charge >= 0.3 is 0 Å². The molecule has 17 heavy (non-hydrogen) atoms. The molecule has 2 heterocycles. The van der Waals surface area contributed by atoms with Gasteiger partial charge in [-0.15, -0.1) is 0 Å². The topological polar surface area (TPSA) is 67.6 Å². The van der Waals surface area contributed by atoms with E-state index in [0.29, 0.717) is 18.3 Å². The minimum atomic E-state index is -0.195. The molecule has 0 aliphatic carbocycles. The maximum atomic E-state index is 11.6. The SMILES string of the molecule is CC1COCCN1CCNC(=O)c1ccon1. The molecular weight excluding hydrogens is 222 g/mol. The van der Waals surface area contributed by atoms with Crippen LogP contribution in [0.5, 0.6) is 0 Å². The van der Waals surface area contributed by atoms with Crippen LogP contribution >= 0.6 is 0 Å². The van der Waals surface area contributed by atoms with Gasteiger partial charge in [-0.1, -0.05) is 5.16 Å². The fourth-order valence-corrected chi connectivity index (χ4v) is 1.83. The van der Waals surface area contributed by atoms with Gasteiger partial charge in [-0.05, 0) is 6.92 Å². The lowest BCUT2D eigenvalue weighted by Crippen LogP contribution is -2.46. The Morgan fingerprint density at radius 1 is 1.71 bits per heavy atom. The van der Waals surface area contributed by atoms with Gasteiger partial charge in [0.2, 0.25) is 0 Å². The van der Waals surface area contributed by atoms with Gasteiger partial charge in [0.15, 0.2) is 5.69 Å². The largest absolute Gasteiger partial charge is 0.379 e. The number of hydrogen-bond acceptors (Lipinski definition) is 5. The van der Waals surface area contributed by atoms with Crippen molar-refractivity contribution < 1.29 is 14.1 Å². The number of morpholine rings is 1. The average molecular weight is 239 g/mol. The van der Waals surface area contributed by atoms with Crippen molar-refractivity contribution in [2.75, 3.05) is 32.8 Å². The Balaban J connectivity index is 1.70. The lowest BCUT2D eigenvalue weighted by molar-refractivity contribution is 0.000532. The third-order valence-electron chi connectivity index (χ3n) is 2.86. The molecule has 1 aliphatic heterocycles. The van der Waals surface area contributed by atoms with Crippen LogP contribution in [0.15, 0.2) is 16.9 Å². The Bertz CT molecular complexity index is 353. The number of ether oxygens (including phenoxy) is 1. The highest BCUT2D eigenvalue weighted by Gasteiger charge is 2.18. The summed E-state index contributed by atoms with van der Waals surface area (Å²) in [4.78, 5) is 13.9. The zero-order valence-corrected chi connectivity index (χ0v) is 9.89. The van der Waals surface area contributed by atoms with Crippen LogP contribution in [0.4, 0.5) is 0 Å². The molecule has 6 heteroatoms. The minimum absolute atomic E-state index is 0.195. The van der Waals surface area contributed by atoms with Crippen molar-refractivity contribution in [3.63, 3.8) is 0 Å². The van der Waals surface area contributed by atoms with Crippen molar-refractivity contribution >= 4 is 5.91 Å². The molecule has 0 saturated carbocycles. The number of nitrogens with one attached hydrogen (secondary N) is 1. The number of carbonyl (C=O) groups excluding carboxylic acids is 1. The fraction of sp³-hybridized carbons (Fsp3) is 0.636. The molecule has 94 valence electrons. The van der Waals surface area contributed by atoms with E-state index in [1.807, 2.05) is 0 Å². The first-order chi connectivity index (χ1) is 8.27. The standard InChI is InChI=1S/C11H17N3O3/c1-9-8-16-7-5-14(9)4-3-12-11(15)10-2-6-17-13-10/h2,6,9H,3-5,7-8H2,1H3,(H,12,15). The predicted octanol–water partition coefficient (Wildman–Crippen LogP) is 0.125. The highest BCUT2D eigenvalue weighted by Crippen LogP contribution is 2.04. The molecule has 2 rings (SSSR count). The van der Waals surface area contributed by atoms with E-state index in [4.69, 9.17) is 4.74 Å². The summed E-state index contributed by atoms with van der Waals surface area (Å²) in [5.74, 6) is -0.195. The molecule has 1 aliphatic rings. The zero-order chi connectivity index (χ0) is 12.1. The van der Waals surface area contributed by atoms with E-state index in [1.165, 1.54) is 6.26 Å². The van der Waals surface area contributed by atoms with Gasteiger partial charge < -0.3 is 14.6 Å². The number of rotatable bonds is 4. The molecule has 1 fully saturated rings. The summed E-state index contributed by atoms with van der Waals surface area (Å²) in [7, 11) is 0. The minimum Gasteiger partial charge on any atom is -0.379 e. The summed E-state index contributed by atoms with van der Waals surface area (Å²) in [6, 6.07) is 1.96. The molecule has 1 atom stereocenters. The molecule has 1 aromatic heterocycles. The second-order valence-electron chi connectivity index (χ2n) is 4.10. The summed E-state index contributed by atoms with van der Waals surface area (Å²) in [6.07, 6.45) is 1.39. The molecule has 0 bridgehead atoms. The first-order valence-corrected chi connectivity index (χ1v) is 5.78. The molecule has 1 unspecified atom stereocenters. The van der Waals surface area contributed by atoms with Gasteiger partial charge in [0.25, 0.3) is 5.91 Å². The predicted molar refractivity (Wildman–Crippen MR) is 60.7 cm³/mol. The third kappa shape index (κ3) is 3.28. The second kappa shape index (κ2) is 5.79. The van der Waals surface area contributed by atoms with E-state index >= 15 is 0 Å². The Morgan fingerprint density at radius 2 is 2.59 bits per heavy atom. The van der Waals surface area contributed by atoms with Crippen LogP contribution in [0.1, 0.15) is 17.4 Å². The maximum absolute atomic E-state index is 11.6. The first-order valence-electron chi connectivity index (χ1n) is 5.78. The Labute approximate surface area is 99.9 Å². The lowest BCUT2D eigenvalue weighted by Gasteiger charge is -2.33. The van der Waals surface area contributed by atoms with E-state index in [1.54, 1.807) is 6.07 Å². The van der Waals surface area contributed by atoms with Crippen LogP contribution in [0, 0.1) is 0 Å². The highest BCUT2D eigenvalue weighted by atomic mass is 16.5. The van der Waals surface area contributed by atoms with Gasteiger partial charge in [-0.25, -0.2) is 0 Å². The number of nitrogens with zero attached hydrogens (tertiary/aromatic N) is 2. The molecule has 1 aromatic rings. The van der Waals surface area contributed by atoms with E-state index < -0.39 is 0 Å². The van der Waals surface area contributed by atoms with Crippen molar-refractivity contribution in [3.05, 3.63) is 18.0 Å². The van der Waals surface area contributed by atoms with E-state index in [2.05, 4.69) is 26.8 Å². The van der Waals surface area contributed by atoms with E-state index in [9.17, 15) is 4.79 Å². The van der Waals surface area contributed by atoms with E-state index in [0.717, 1.165) is 26.3 Å². The zero-order valence-electron chi connectivity index (χ0n) is 9.89. The number of amides is 1. The van der Waals surface area contributed by atoms with Crippen LogP contribution in [0.2, 0.25) is 0 Å². The quantitative estimate of drug-likeness (QED) is 0.808. The van der Waals surface area contributed by atoms with Crippen LogP contribution in [-0.4, -0.2) is 54.9 Å². The molecule has 6 nitrogen and oxygen atoms in total. The number of hydrogen-bond donors (Lipinski definition) is 1. The van der Waals surface area contributed by atoms with Gasteiger partial charge in [0.1, 0.15) is 6.26 Å². The summed E-state index contributed by atoms with van der Waals surface area (Å²) < 4.78 is 9.96. The summed E-state index contributed by atoms with van der Waals surface area (Å²) in [5, 5.41) is 6.38. The Kier molecular flexibility index (Phi) is 4.11. The third-order valence-corrected chi connectivity index (χ3v) is 2.86. The van der Waals surface area contributed by atoms with Gasteiger partial charge in [-0.3, -0.25) is 9.69 Å². The first kappa shape index (κ1) is 12.1. The lowest BCUT2D eigenvalue weighted by atomic mass is 10.2. The summed E-state index contributed by atoms with van der Waals surface area (Å²) >= 11 is 0. The van der Waals surface area contributed by atoms with Crippen LogP contribution in [0.25, 0.3) is 0 Å². The molecule has 0 aromatic carbocycles. The van der Waals surface area contributed by atoms with Gasteiger partial charge in [-0.2, -0.15) is 0 Å².